The van der Waals surface area contributed by atoms with Crippen LogP contribution in [-0.4, -0.2) is 30.0 Å². The fourth-order valence-corrected chi connectivity index (χ4v) is 5.42. The first kappa shape index (κ1) is 26.6. The number of aromatic nitrogens is 2. The molecular weight excluding hydrogens is 608 g/mol. The average Bonchev–Trinajstić information content (AvgIpc) is 2.93. The van der Waals surface area contributed by atoms with Crippen molar-refractivity contribution in [2.75, 3.05) is 19.0 Å². The van der Waals surface area contributed by atoms with Gasteiger partial charge in [0.2, 0.25) is 0 Å². The first-order valence-electron chi connectivity index (χ1n) is 12.8. The lowest BCUT2D eigenvalue weighted by Gasteiger charge is -2.23. The Hall–Kier alpha value is -2.97. The normalized spacial score (nSPS) is 14.3. The first-order valence-corrected chi connectivity index (χ1v) is 14.4. The molecule has 1 saturated carbocycles. The molecule has 38 heavy (non-hydrogen) atoms. The molecule has 1 aromatic heterocycles. The van der Waals surface area contributed by atoms with E-state index >= 15 is 0 Å². The van der Waals surface area contributed by atoms with E-state index in [9.17, 15) is 4.79 Å². The van der Waals surface area contributed by atoms with Crippen molar-refractivity contribution in [1.82, 2.24) is 9.66 Å². The zero-order valence-electron chi connectivity index (χ0n) is 21.5. The highest BCUT2D eigenvalue weighted by Crippen LogP contribution is 2.32. The number of benzene rings is 3. The number of anilines is 1. The summed E-state index contributed by atoms with van der Waals surface area (Å²) in [6.45, 7) is 0.420. The second-order valence-corrected chi connectivity index (χ2v) is 11.7. The smallest absolute Gasteiger partial charge is 0.282 e. The Morgan fingerprint density at radius 1 is 1.00 bits per heavy atom. The van der Waals surface area contributed by atoms with Crippen LogP contribution in [-0.2, 0) is 6.61 Å². The SMILES string of the molecule is CN(C)c1ccc(C=Nn2c(C3CCCCC3)nc3ccc(Br)cc3c2=O)c(OCc2ccc(Br)cc2)c1. The van der Waals surface area contributed by atoms with Crippen molar-refractivity contribution >= 4 is 54.7 Å². The van der Waals surface area contributed by atoms with E-state index in [4.69, 9.17) is 14.8 Å². The van der Waals surface area contributed by atoms with E-state index in [-0.39, 0.29) is 11.5 Å². The summed E-state index contributed by atoms with van der Waals surface area (Å²) in [5.74, 6) is 1.65. The minimum absolute atomic E-state index is 0.157. The van der Waals surface area contributed by atoms with Crippen molar-refractivity contribution in [1.29, 1.82) is 0 Å². The van der Waals surface area contributed by atoms with Crippen LogP contribution in [0, 0.1) is 0 Å². The van der Waals surface area contributed by atoms with E-state index in [2.05, 4.69) is 31.9 Å². The second-order valence-electron chi connectivity index (χ2n) is 9.86. The van der Waals surface area contributed by atoms with Gasteiger partial charge in [-0.25, -0.2) is 4.98 Å². The molecule has 0 aliphatic heterocycles. The Kier molecular flexibility index (Phi) is 8.29. The predicted molar refractivity (Wildman–Crippen MR) is 162 cm³/mol. The quantitative estimate of drug-likeness (QED) is 0.197. The van der Waals surface area contributed by atoms with Crippen LogP contribution in [0.4, 0.5) is 5.69 Å². The van der Waals surface area contributed by atoms with Crippen molar-refractivity contribution < 1.29 is 4.74 Å². The van der Waals surface area contributed by atoms with Crippen molar-refractivity contribution in [3.05, 3.63) is 96.9 Å². The lowest BCUT2D eigenvalue weighted by Crippen LogP contribution is -2.25. The lowest BCUT2D eigenvalue weighted by molar-refractivity contribution is 0.306. The van der Waals surface area contributed by atoms with Gasteiger partial charge in [0.15, 0.2) is 0 Å². The first-order chi connectivity index (χ1) is 18.4. The third kappa shape index (κ3) is 6.02. The number of hydrogen-bond donors (Lipinski definition) is 0. The maximum atomic E-state index is 13.7. The highest BCUT2D eigenvalue weighted by atomic mass is 79.9. The van der Waals surface area contributed by atoms with Crippen LogP contribution in [0.2, 0.25) is 0 Å². The molecule has 5 rings (SSSR count). The number of nitrogens with zero attached hydrogens (tertiary/aromatic N) is 4. The van der Waals surface area contributed by atoms with Gasteiger partial charge in [-0.2, -0.15) is 9.78 Å². The van der Waals surface area contributed by atoms with E-state index in [0.29, 0.717) is 23.3 Å². The van der Waals surface area contributed by atoms with Crippen LogP contribution in [0.5, 0.6) is 5.75 Å². The van der Waals surface area contributed by atoms with Crippen LogP contribution in [0.1, 0.15) is 55.0 Å². The molecule has 8 heteroatoms. The molecule has 196 valence electrons. The van der Waals surface area contributed by atoms with Crippen LogP contribution >= 0.6 is 31.9 Å². The van der Waals surface area contributed by atoms with Crippen molar-refractivity contribution in [3.8, 4) is 5.75 Å². The summed E-state index contributed by atoms with van der Waals surface area (Å²) < 4.78 is 9.63. The van der Waals surface area contributed by atoms with Gasteiger partial charge in [-0.05, 0) is 60.9 Å². The molecule has 1 aliphatic carbocycles. The van der Waals surface area contributed by atoms with Gasteiger partial charge >= 0.3 is 0 Å². The van der Waals surface area contributed by atoms with E-state index < -0.39 is 0 Å². The van der Waals surface area contributed by atoms with Gasteiger partial charge in [0.05, 0.1) is 17.1 Å². The van der Waals surface area contributed by atoms with Crippen molar-refractivity contribution in [2.45, 2.75) is 44.6 Å². The fourth-order valence-electron chi connectivity index (χ4n) is 4.80. The summed E-state index contributed by atoms with van der Waals surface area (Å²) >= 11 is 6.97. The van der Waals surface area contributed by atoms with E-state index in [1.807, 2.05) is 79.7 Å². The third-order valence-electron chi connectivity index (χ3n) is 6.94. The van der Waals surface area contributed by atoms with Gasteiger partial charge in [0.25, 0.3) is 5.56 Å². The Morgan fingerprint density at radius 2 is 1.74 bits per heavy atom. The minimum Gasteiger partial charge on any atom is -0.488 e. The van der Waals surface area contributed by atoms with Gasteiger partial charge in [-0.3, -0.25) is 4.79 Å². The summed E-state index contributed by atoms with van der Waals surface area (Å²) in [5.41, 5.74) is 3.43. The fraction of sp³-hybridized carbons (Fsp3) is 0.300. The topological polar surface area (TPSA) is 59.7 Å². The highest BCUT2D eigenvalue weighted by Gasteiger charge is 2.22. The summed E-state index contributed by atoms with van der Waals surface area (Å²) in [5, 5.41) is 5.28. The van der Waals surface area contributed by atoms with Crippen LogP contribution in [0.15, 0.2) is 79.5 Å². The standard InChI is InChI=1S/C30H30Br2N4O2/c1-35(2)25-14-10-22(28(17-25)38-19-20-8-11-23(31)12-9-20)18-33-36-29(21-6-4-3-5-7-21)34-27-15-13-24(32)16-26(27)30(36)37/h8-18,21H,3-7,19H2,1-2H3. The maximum absolute atomic E-state index is 13.7. The van der Waals surface area contributed by atoms with Gasteiger partial charge in [-0.15, -0.1) is 0 Å². The average molecular weight is 638 g/mol. The molecule has 0 radical (unpaired) electrons. The molecule has 1 heterocycles. The van der Waals surface area contributed by atoms with E-state index in [0.717, 1.165) is 57.3 Å². The van der Waals surface area contributed by atoms with Crippen LogP contribution in [0.25, 0.3) is 10.9 Å². The van der Waals surface area contributed by atoms with E-state index in [1.54, 1.807) is 6.21 Å². The van der Waals surface area contributed by atoms with Gasteiger partial charge in [0.1, 0.15) is 18.2 Å². The number of hydrogen-bond acceptors (Lipinski definition) is 5. The Balaban J connectivity index is 1.55. The van der Waals surface area contributed by atoms with Gasteiger partial charge in [-0.1, -0.05) is 63.3 Å². The summed E-state index contributed by atoms with van der Waals surface area (Å²) in [7, 11) is 3.99. The molecule has 0 N–H and O–H groups in total. The number of rotatable bonds is 7. The maximum Gasteiger partial charge on any atom is 0.282 e. The third-order valence-corrected chi connectivity index (χ3v) is 7.96. The van der Waals surface area contributed by atoms with Crippen LogP contribution < -0.4 is 15.2 Å². The Morgan fingerprint density at radius 3 is 2.47 bits per heavy atom. The van der Waals surface area contributed by atoms with Crippen molar-refractivity contribution in [2.24, 2.45) is 5.10 Å². The predicted octanol–water partition coefficient (Wildman–Crippen LogP) is 7.50. The number of fused-ring (bicyclic) bond motifs is 1. The minimum atomic E-state index is -0.157. The second kappa shape index (κ2) is 11.8. The molecule has 0 spiro atoms. The molecule has 4 aromatic rings. The van der Waals surface area contributed by atoms with Crippen LogP contribution in [0.3, 0.4) is 0 Å². The number of ether oxygens (including phenoxy) is 1. The molecule has 1 fully saturated rings. The molecule has 6 nitrogen and oxygen atoms in total. The molecule has 0 saturated heterocycles. The van der Waals surface area contributed by atoms with Crippen molar-refractivity contribution in [3.63, 3.8) is 0 Å². The summed E-state index contributed by atoms with van der Waals surface area (Å²) in [6.07, 6.45) is 7.26. The molecule has 0 bridgehead atoms. The lowest BCUT2D eigenvalue weighted by atomic mass is 9.88. The molecule has 0 atom stereocenters. The van der Waals surface area contributed by atoms with Gasteiger partial charge < -0.3 is 9.64 Å². The largest absolute Gasteiger partial charge is 0.488 e. The Bertz CT molecular complexity index is 1520. The molecule has 1 aliphatic rings. The summed E-state index contributed by atoms with van der Waals surface area (Å²) in [6, 6.07) is 19.7. The summed E-state index contributed by atoms with van der Waals surface area (Å²) in [4.78, 5) is 20.7. The zero-order valence-corrected chi connectivity index (χ0v) is 24.7. The highest BCUT2D eigenvalue weighted by molar-refractivity contribution is 9.10. The molecule has 3 aromatic carbocycles. The molecular formula is C30H30Br2N4O2. The zero-order chi connectivity index (χ0) is 26.6. The Labute approximate surface area is 239 Å². The molecule has 0 unspecified atom stereocenters. The number of halogens is 2. The van der Waals surface area contributed by atoms with E-state index in [1.165, 1.54) is 11.1 Å². The molecule has 0 amide bonds. The van der Waals surface area contributed by atoms with Gasteiger partial charge in [0, 0.05) is 46.3 Å². The monoisotopic (exact) mass is 636 g/mol.